The molecular formula is C15H22N2O2. The Morgan fingerprint density at radius 2 is 1.95 bits per heavy atom. The maximum Gasteiger partial charge on any atom is 0.234 e. The standard InChI is InChI=1S/C15H22N2O2/c1-2-17(13-6-4-3-5-7-13)14(18)15(12-16)8-10-19-11-9-15/h3-7H,2,8-12,16H2,1H3. The SMILES string of the molecule is CCN(C(=O)C1(CN)CCOCC1)c1ccccc1. The average Bonchev–Trinajstić information content (AvgIpc) is 2.49. The second kappa shape index (κ2) is 6.17. The van der Waals surface area contributed by atoms with Crippen LogP contribution < -0.4 is 10.6 Å². The number of amides is 1. The predicted molar refractivity (Wildman–Crippen MR) is 76.0 cm³/mol. The smallest absolute Gasteiger partial charge is 0.234 e. The lowest BCUT2D eigenvalue weighted by atomic mass is 9.78. The highest BCUT2D eigenvalue weighted by Crippen LogP contribution is 2.33. The number of para-hydroxylation sites is 1. The summed E-state index contributed by atoms with van der Waals surface area (Å²) in [6.07, 6.45) is 1.43. The number of carbonyl (C=O) groups excluding carboxylic acids is 1. The molecule has 1 aliphatic heterocycles. The molecule has 2 rings (SSSR count). The summed E-state index contributed by atoms with van der Waals surface area (Å²) in [4.78, 5) is 14.7. The first-order valence-corrected chi connectivity index (χ1v) is 6.88. The molecule has 19 heavy (non-hydrogen) atoms. The summed E-state index contributed by atoms with van der Waals surface area (Å²) in [6, 6.07) is 9.78. The largest absolute Gasteiger partial charge is 0.381 e. The van der Waals surface area contributed by atoms with Crippen LogP contribution >= 0.6 is 0 Å². The minimum Gasteiger partial charge on any atom is -0.381 e. The van der Waals surface area contributed by atoms with Crippen molar-refractivity contribution in [2.75, 3.05) is 31.2 Å². The molecule has 1 aromatic rings. The third kappa shape index (κ3) is 2.80. The van der Waals surface area contributed by atoms with Crippen LogP contribution in [0.4, 0.5) is 5.69 Å². The van der Waals surface area contributed by atoms with Gasteiger partial charge in [-0.25, -0.2) is 0 Å². The number of hydrogen-bond donors (Lipinski definition) is 1. The minimum absolute atomic E-state index is 0.131. The molecule has 1 saturated heterocycles. The van der Waals surface area contributed by atoms with Crippen molar-refractivity contribution in [3.05, 3.63) is 30.3 Å². The van der Waals surface area contributed by atoms with E-state index in [-0.39, 0.29) is 5.91 Å². The van der Waals surface area contributed by atoms with E-state index in [1.807, 2.05) is 42.2 Å². The van der Waals surface area contributed by atoms with Crippen molar-refractivity contribution in [2.24, 2.45) is 11.1 Å². The predicted octanol–water partition coefficient (Wildman–Crippen LogP) is 1.79. The van der Waals surface area contributed by atoms with Gasteiger partial charge in [0.2, 0.25) is 5.91 Å². The molecule has 0 spiro atoms. The van der Waals surface area contributed by atoms with Crippen LogP contribution in [0.15, 0.2) is 30.3 Å². The molecule has 1 aromatic carbocycles. The first-order valence-electron chi connectivity index (χ1n) is 6.88. The van der Waals surface area contributed by atoms with E-state index >= 15 is 0 Å². The van der Waals surface area contributed by atoms with Crippen molar-refractivity contribution in [1.29, 1.82) is 0 Å². The molecule has 1 aliphatic rings. The number of benzene rings is 1. The minimum atomic E-state index is -0.454. The fraction of sp³-hybridized carbons (Fsp3) is 0.533. The van der Waals surface area contributed by atoms with Gasteiger partial charge in [-0.05, 0) is 31.9 Å². The van der Waals surface area contributed by atoms with E-state index in [0.717, 1.165) is 5.69 Å². The summed E-state index contributed by atoms with van der Waals surface area (Å²) in [5, 5.41) is 0. The fourth-order valence-corrected chi connectivity index (χ4v) is 2.61. The van der Waals surface area contributed by atoms with E-state index in [0.29, 0.717) is 39.1 Å². The third-order valence-electron chi connectivity index (χ3n) is 3.92. The van der Waals surface area contributed by atoms with Gasteiger partial charge in [0.25, 0.3) is 0 Å². The van der Waals surface area contributed by atoms with Gasteiger partial charge >= 0.3 is 0 Å². The van der Waals surface area contributed by atoms with Gasteiger partial charge in [0.1, 0.15) is 0 Å². The zero-order chi connectivity index (χ0) is 13.7. The number of carbonyl (C=O) groups is 1. The number of anilines is 1. The van der Waals surface area contributed by atoms with Gasteiger partial charge in [-0.1, -0.05) is 18.2 Å². The molecule has 1 heterocycles. The highest BCUT2D eigenvalue weighted by atomic mass is 16.5. The van der Waals surface area contributed by atoms with Crippen molar-refractivity contribution < 1.29 is 9.53 Å². The summed E-state index contributed by atoms with van der Waals surface area (Å²) >= 11 is 0. The number of ether oxygens (including phenoxy) is 1. The molecule has 104 valence electrons. The Hall–Kier alpha value is -1.39. The maximum atomic E-state index is 12.9. The summed E-state index contributed by atoms with van der Waals surface area (Å²) in [6.45, 7) is 4.28. The van der Waals surface area contributed by atoms with Crippen molar-refractivity contribution in [1.82, 2.24) is 0 Å². The number of hydrogen-bond acceptors (Lipinski definition) is 3. The van der Waals surface area contributed by atoms with E-state index in [2.05, 4.69) is 0 Å². The first kappa shape index (κ1) is 14.0. The van der Waals surface area contributed by atoms with Crippen molar-refractivity contribution in [3.8, 4) is 0 Å². The molecule has 2 N–H and O–H groups in total. The molecule has 4 heteroatoms. The van der Waals surface area contributed by atoms with E-state index < -0.39 is 5.41 Å². The first-order chi connectivity index (χ1) is 9.23. The van der Waals surface area contributed by atoms with Gasteiger partial charge in [0.05, 0.1) is 5.41 Å². The van der Waals surface area contributed by atoms with E-state index in [1.165, 1.54) is 0 Å². The van der Waals surface area contributed by atoms with Crippen LogP contribution in [0, 0.1) is 5.41 Å². The Labute approximate surface area is 114 Å². The van der Waals surface area contributed by atoms with Gasteiger partial charge in [-0.2, -0.15) is 0 Å². The summed E-state index contributed by atoms with van der Waals surface area (Å²) in [7, 11) is 0. The van der Waals surface area contributed by atoms with Gasteiger partial charge in [-0.15, -0.1) is 0 Å². The molecule has 1 fully saturated rings. The molecule has 0 unspecified atom stereocenters. The third-order valence-corrected chi connectivity index (χ3v) is 3.92. The fourth-order valence-electron chi connectivity index (χ4n) is 2.61. The van der Waals surface area contributed by atoms with Crippen LogP contribution in [0.2, 0.25) is 0 Å². The molecule has 0 bridgehead atoms. The quantitative estimate of drug-likeness (QED) is 0.900. The lowest BCUT2D eigenvalue weighted by Crippen LogP contribution is -2.51. The Bertz CT molecular complexity index is 413. The molecule has 0 atom stereocenters. The zero-order valence-electron chi connectivity index (χ0n) is 11.5. The second-order valence-corrected chi connectivity index (χ2v) is 4.98. The van der Waals surface area contributed by atoms with Crippen LogP contribution in [0.3, 0.4) is 0 Å². The Morgan fingerprint density at radius 3 is 2.47 bits per heavy atom. The molecule has 0 aliphatic carbocycles. The molecule has 0 radical (unpaired) electrons. The van der Waals surface area contributed by atoms with Gasteiger partial charge in [-0.3, -0.25) is 4.79 Å². The zero-order valence-corrected chi connectivity index (χ0v) is 11.5. The Kier molecular flexibility index (Phi) is 4.56. The Morgan fingerprint density at radius 1 is 1.32 bits per heavy atom. The van der Waals surface area contributed by atoms with Crippen LogP contribution in [-0.2, 0) is 9.53 Å². The van der Waals surface area contributed by atoms with Crippen LogP contribution in [0.25, 0.3) is 0 Å². The monoisotopic (exact) mass is 262 g/mol. The van der Waals surface area contributed by atoms with E-state index in [9.17, 15) is 4.79 Å². The van der Waals surface area contributed by atoms with Crippen LogP contribution in [0.5, 0.6) is 0 Å². The van der Waals surface area contributed by atoms with Gasteiger partial charge in [0, 0.05) is 32.0 Å². The topological polar surface area (TPSA) is 55.6 Å². The molecule has 0 saturated carbocycles. The number of nitrogens with zero attached hydrogens (tertiary/aromatic N) is 1. The molecule has 1 amide bonds. The Balaban J connectivity index is 2.24. The van der Waals surface area contributed by atoms with E-state index in [4.69, 9.17) is 10.5 Å². The lowest BCUT2D eigenvalue weighted by molar-refractivity contribution is -0.133. The van der Waals surface area contributed by atoms with E-state index in [1.54, 1.807) is 0 Å². The molecule has 0 aromatic heterocycles. The van der Waals surface area contributed by atoms with Crippen molar-refractivity contribution in [3.63, 3.8) is 0 Å². The molecular weight excluding hydrogens is 240 g/mol. The normalized spacial score (nSPS) is 18.0. The summed E-state index contributed by atoms with van der Waals surface area (Å²) in [5.41, 5.74) is 6.39. The number of nitrogens with two attached hydrogens (primary N) is 1. The van der Waals surface area contributed by atoms with Gasteiger partial charge < -0.3 is 15.4 Å². The second-order valence-electron chi connectivity index (χ2n) is 4.98. The van der Waals surface area contributed by atoms with Crippen LogP contribution in [0.1, 0.15) is 19.8 Å². The summed E-state index contributed by atoms with van der Waals surface area (Å²) in [5.74, 6) is 0.131. The van der Waals surface area contributed by atoms with Crippen LogP contribution in [-0.4, -0.2) is 32.2 Å². The van der Waals surface area contributed by atoms with Crippen molar-refractivity contribution in [2.45, 2.75) is 19.8 Å². The average molecular weight is 262 g/mol. The lowest BCUT2D eigenvalue weighted by Gasteiger charge is -2.38. The van der Waals surface area contributed by atoms with Crippen molar-refractivity contribution >= 4 is 11.6 Å². The number of rotatable bonds is 4. The maximum absolute atomic E-state index is 12.9. The highest BCUT2D eigenvalue weighted by molar-refractivity contribution is 5.97. The van der Waals surface area contributed by atoms with Gasteiger partial charge in [0.15, 0.2) is 0 Å². The highest BCUT2D eigenvalue weighted by Gasteiger charge is 2.41. The molecule has 4 nitrogen and oxygen atoms in total. The summed E-state index contributed by atoms with van der Waals surface area (Å²) < 4.78 is 5.37.